The second kappa shape index (κ2) is 9.02. The van der Waals surface area contributed by atoms with Crippen molar-refractivity contribution in [2.24, 2.45) is 0 Å². The highest BCUT2D eigenvalue weighted by Gasteiger charge is 2.26. The normalized spacial score (nSPS) is 18.4. The van der Waals surface area contributed by atoms with E-state index in [2.05, 4.69) is 29.4 Å². The Morgan fingerprint density at radius 1 is 1.12 bits per heavy atom. The molecule has 1 fully saturated rings. The van der Waals surface area contributed by atoms with Crippen molar-refractivity contribution < 1.29 is 4.79 Å². The number of carbonyl (C=O) groups excluding carboxylic acids is 1. The zero-order valence-corrected chi connectivity index (χ0v) is 15.5. The topological polar surface area (TPSA) is 20.3 Å². The number of nitrogens with zero attached hydrogens (tertiary/aromatic N) is 1. The van der Waals surface area contributed by atoms with E-state index in [4.69, 9.17) is 0 Å². The molecule has 0 N–H and O–H groups in total. The lowest BCUT2D eigenvalue weighted by atomic mass is 10.00. The van der Waals surface area contributed by atoms with Gasteiger partial charge in [-0.3, -0.25) is 9.69 Å². The molecule has 0 amide bonds. The minimum atomic E-state index is 0.138. The van der Waals surface area contributed by atoms with Crippen molar-refractivity contribution in [2.45, 2.75) is 18.9 Å². The van der Waals surface area contributed by atoms with Crippen LogP contribution < -0.4 is 0 Å². The molecule has 0 spiro atoms. The Bertz CT molecular complexity index is 711. The van der Waals surface area contributed by atoms with E-state index < -0.39 is 0 Å². The zero-order valence-electron chi connectivity index (χ0n) is 14.7. The van der Waals surface area contributed by atoms with Gasteiger partial charge in [0.25, 0.3) is 0 Å². The van der Waals surface area contributed by atoms with Gasteiger partial charge in [-0.1, -0.05) is 60.7 Å². The number of hydrogen-bond donors (Lipinski definition) is 0. The van der Waals surface area contributed by atoms with Crippen LogP contribution in [0.1, 0.15) is 28.8 Å². The summed E-state index contributed by atoms with van der Waals surface area (Å²) in [6, 6.07) is 20.4. The maximum atomic E-state index is 13.1. The Kier molecular flexibility index (Phi) is 6.48. The summed E-state index contributed by atoms with van der Waals surface area (Å²) in [6.45, 7) is 1.81. The van der Waals surface area contributed by atoms with Crippen LogP contribution in [0.25, 0.3) is 6.08 Å². The van der Waals surface area contributed by atoms with Crippen LogP contribution in [-0.4, -0.2) is 41.8 Å². The van der Waals surface area contributed by atoms with E-state index in [1.165, 1.54) is 12.8 Å². The van der Waals surface area contributed by atoms with Gasteiger partial charge >= 0.3 is 0 Å². The fraction of sp³-hybridized carbons (Fsp3) is 0.318. The van der Waals surface area contributed by atoms with Gasteiger partial charge in [0.1, 0.15) is 0 Å². The highest BCUT2D eigenvalue weighted by Crippen LogP contribution is 2.23. The first-order valence-electron chi connectivity index (χ1n) is 8.86. The van der Waals surface area contributed by atoms with E-state index in [0.717, 1.165) is 35.5 Å². The number of benzene rings is 2. The zero-order chi connectivity index (χ0) is 17.5. The van der Waals surface area contributed by atoms with Crippen molar-refractivity contribution in [3.63, 3.8) is 0 Å². The van der Waals surface area contributed by atoms with Crippen LogP contribution in [0.2, 0.25) is 0 Å². The molecule has 2 aromatic rings. The average molecular weight is 352 g/mol. The molecule has 3 heteroatoms. The number of hydrogen-bond acceptors (Lipinski definition) is 3. The molecule has 2 aromatic carbocycles. The fourth-order valence-electron chi connectivity index (χ4n) is 3.41. The summed E-state index contributed by atoms with van der Waals surface area (Å²) in [5.41, 5.74) is 2.73. The second-order valence-electron chi connectivity index (χ2n) is 6.50. The molecule has 1 aliphatic heterocycles. The number of carbonyl (C=O) groups is 1. The first-order valence-corrected chi connectivity index (χ1v) is 10.3. The summed E-state index contributed by atoms with van der Waals surface area (Å²) in [6.07, 6.45) is 6.68. The lowest BCUT2D eigenvalue weighted by molar-refractivity contribution is 0.102. The van der Waals surface area contributed by atoms with Crippen LogP contribution in [0.3, 0.4) is 0 Å². The molecule has 0 bridgehead atoms. The van der Waals surface area contributed by atoms with Gasteiger partial charge in [0, 0.05) is 29.5 Å². The molecule has 130 valence electrons. The summed E-state index contributed by atoms with van der Waals surface area (Å²) in [4.78, 5) is 15.6. The van der Waals surface area contributed by atoms with E-state index >= 15 is 0 Å². The predicted molar refractivity (Wildman–Crippen MR) is 108 cm³/mol. The van der Waals surface area contributed by atoms with Gasteiger partial charge in [0.2, 0.25) is 0 Å². The molecule has 1 heterocycles. The first kappa shape index (κ1) is 18.0. The summed E-state index contributed by atoms with van der Waals surface area (Å²) in [7, 11) is 0. The lowest BCUT2D eigenvalue weighted by Gasteiger charge is -2.25. The van der Waals surface area contributed by atoms with Crippen LogP contribution in [0, 0.1) is 0 Å². The number of likely N-dealkylation sites (tertiary alicyclic amines) is 1. The predicted octanol–water partition coefficient (Wildman–Crippen LogP) is 4.78. The number of ketones is 1. The monoisotopic (exact) mass is 351 g/mol. The average Bonchev–Trinajstić information content (AvgIpc) is 3.09. The molecule has 25 heavy (non-hydrogen) atoms. The van der Waals surface area contributed by atoms with Crippen LogP contribution >= 0.6 is 11.8 Å². The third-order valence-electron chi connectivity index (χ3n) is 4.70. The second-order valence-corrected chi connectivity index (χ2v) is 7.41. The standard InChI is InChI=1S/C22H25NOS/c1-25-17-21-13-8-14-23(21)16-20(15-18-9-4-2-5-10-18)22(24)19-11-6-3-7-12-19/h2-7,9-12,15,21H,8,13-14,16-17H2,1H3/b20-15+/t21-/m0/s1. The minimum Gasteiger partial charge on any atom is -0.295 e. The fourth-order valence-corrected chi connectivity index (χ4v) is 4.17. The summed E-state index contributed by atoms with van der Waals surface area (Å²) < 4.78 is 0. The number of Topliss-reactive ketones (excluding diaryl/α,β-unsaturated/α-hetero) is 1. The highest BCUT2D eigenvalue weighted by molar-refractivity contribution is 7.98. The van der Waals surface area contributed by atoms with Crippen molar-refractivity contribution in [1.82, 2.24) is 4.90 Å². The molecule has 0 saturated carbocycles. The largest absolute Gasteiger partial charge is 0.295 e. The molecule has 1 saturated heterocycles. The Balaban J connectivity index is 1.87. The van der Waals surface area contributed by atoms with Crippen LogP contribution in [0.5, 0.6) is 0 Å². The summed E-state index contributed by atoms with van der Waals surface area (Å²) in [5.74, 6) is 1.28. The smallest absolute Gasteiger partial charge is 0.190 e. The van der Waals surface area contributed by atoms with Gasteiger partial charge in [0.15, 0.2) is 5.78 Å². The SMILES string of the molecule is CSC[C@@H]1CCCN1C/C(=C\c1ccccc1)C(=O)c1ccccc1. The summed E-state index contributed by atoms with van der Waals surface area (Å²) >= 11 is 1.89. The molecule has 0 radical (unpaired) electrons. The Morgan fingerprint density at radius 3 is 2.48 bits per heavy atom. The van der Waals surface area contributed by atoms with Crippen molar-refractivity contribution in [3.8, 4) is 0 Å². The maximum absolute atomic E-state index is 13.1. The van der Waals surface area contributed by atoms with E-state index in [1.54, 1.807) is 0 Å². The van der Waals surface area contributed by atoms with Gasteiger partial charge < -0.3 is 0 Å². The first-order chi connectivity index (χ1) is 12.3. The van der Waals surface area contributed by atoms with Crippen molar-refractivity contribution in [3.05, 3.63) is 77.4 Å². The van der Waals surface area contributed by atoms with Gasteiger partial charge in [-0.2, -0.15) is 11.8 Å². The van der Waals surface area contributed by atoms with Crippen LogP contribution in [0.15, 0.2) is 66.2 Å². The van der Waals surface area contributed by atoms with Gasteiger partial charge in [-0.15, -0.1) is 0 Å². The molecule has 0 aromatic heterocycles. The van der Waals surface area contributed by atoms with Crippen LogP contribution in [0.4, 0.5) is 0 Å². The third kappa shape index (κ3) is 4.83. The molecular formula is C22H25NOS. The Morgan fingerprint density at radius 2 is 1.80 bits per heavy atom. The quantitative estimate of drug-likeness (QED) is 0.529. The lowest BCUT2D eigenvalue weighted by Crippen LogP contribution is -2.34. The third-order valence-corrected chi connectivity index (χ3v) is 5.42. The van der Waals surface area contributed by atoms with E-state index in [9.17, 15) is 4.79 Å². The van der Waals surface area contributed by atoms with E-state index in [1.807, 2.05) is 60.3 Å². The van der Waals surface area contributed by atoms with Crippen molar-refractivity contribution >= 4 is 23.6 Å². The van der Waals surface area contributed by atoms with E-state index in [0.29, 0.717) is 6.04 Å². The van der Waals surface area contributed by atoms with Crippen LogP contribution in [-0.2, 0) is 0 Å². The van der Waals surface area contributed by atoms with Gasteiger partial charge in [0.05, 0.1) is 0 Å². The van der Waals surface area contributed by atoms with Gasteiger partial charge in [-0.05, 0) is 37.3 Å². The van der Waals surface area contributed by atoms with Gasteiger partial charge in [-0.25, -0.2) is 0 Å². The minimum absolute atomic E-state index is 0.138. The number of thioether (sulfide) groups is 1. The molecule has 2 nitrogen and oxygen atoms in total. The van der Waals surface area contributed by atoms with E-state index in [-0.39, 0.29) is 5.78 Å². The Hall–Kier alpha value is -1.84. The molecular weight excluding hydrogens is 326 g/mol. The van der Waals surface area contributed by atoms with Crippen molar-refractivity contribution in [1.29, 1.82) is 0 Å². The maximum Gasteiger partial charge on any atom is 0.190 e. The highest BCUT2D eigenvalue weighted by atomic mass is 32.2. The molecule has 1 atom stereocenters. The molecule has 0 unspecified atom stereocenters. The molecule has 0 aliphatic carbocycles. The van der Waals surface area contributed by atoms with Crippen molar-refractivity contribution in [2.75, 3.05) is 25.1 Å². The molecule has 1 aliphatic rings. The summed E-state index contributed by atoms with van der Waals surface area (Å²) in [5, 5.41) is 0. The molecule has 3 rings (SSSR count). The number of rotatable bonds is 7. The Labute approximate surface area is 154 Å².